The minimum Gasteiger partial charge on any atom is -0.507 e. The van der Waals surface area contributed by atoms with Crippen molar-refractivity contribution in [1.82, 2.24) is 19.8 Å². The molecular weight excluding hydrogens is 655 g/mol. The van der Waals surface area contributed by atoms with Gasteiger partial charge in [-0.1, -0.05) is 12.1 Å². The monoisotopic (exact) mass is 710 g/mol. The third-order valence-corrected chi connectivity index (χ3v) is 8.02. The molecule has 0 aliphatic carbocycles. The minimum atomic E-state index is -1.08. The maximum Gasteiger partial charge on any atom is 0.303 e. The zero-order valence-corrected chi connectivity index (χ0v) is 31.1. The summed E-state index contributed by atoms with van der Waals surface area (Å²) < 4.78 is 0. The number of fused-ring (bicyclic) bond motifs is 2. The van der Waals surface area contributed by atoms with Gasteiger partial charge in [-0.3, -0.25) is 19.4 Å². The molecule has 0 saturated carbocycles. The van der Waals surface area contributed by atoms with Crippen LogP contribution in [0.15, 0.2) is 48.8 Å². The summed E-state index contributed by atoms with van der Waals surface area (Å²) in [7, 11) is 0. The van der Waals surface area contributed by atoms with Crippen molar-refractivity contribution in [3.8, 4) is 11.5 Å². The number of aromatic hydroxyl groups is 2. The van der Waals surface area contributed by atoms with E-state index < -0.39 is 11.9 Å². The van der Waals surface area contributed by atoms with E-state index in [1.165, 1.54) is 11.1 Å². The summed E-state index contributed by atoms with van der Waals surface area (Å²) in [5, 5.41) is 37.7. The van der Waals surface area contributed by atoms with Gasteiger partial charge in [0.25, 0.3) is 0 Å². The van der Waals surface area contributed by atoms with Gasteiger partial charge in [-0.05, 0) is 104 Å². The molecule has 2 aromatic carbocycles. The second-order valence-electron chi connectivity index (χ2n) is 12.7. The quantitative estimate of drug-likeness (QED) is 0.0820. The average Bonchev–Trinajstić information content (AvgIpc) is 3.58. The second kappa shape index (κ2) is 21.5. The third-order valence-electron chi connectivity index (χ3n) is 8.02. The van der Waals surface area contributed by atoms with Crippen molar-refractivity contribution in [3.05, 3.63) is 59.9 Å². The lowest BCUT2D eigenvalue weighted by molar-refractivity contribution is -0.143. The van der Waals surface area contributed by atoms with Gasteiger partial charge < -0.3 is 30.4 Å². The maximum absolute atomic E-state index is 9.99. The van der Waals surface area contributed by atoms with Crippen LogP contribution in [-0.2, 0) is 22.4 Å². The largest absolute Gasteiger partial charge is 0.507 e. The van der Waals surface area contributed by atoms with Crippen molar-refractivity contribution >= 4 is 58.6 Å². The molecule has 0 saturated heterocycles. The summed E-state index contributed by atoms with van der Waals surface area (Å²) in [5.74, 6) is -1.41. The summed E-state index contributed by atoms with van der Waals surface area (Å²) in [6.07, 6.45) is 5.35. The lowest BCUT2D eigenvalue weighted by atomic mass is 10.1. The average molecular weight is 712 g/mol. The Bertz CT molecular complexity index is 1400. The molecule has 0 bridgehead atoms. The molecule has 6 N–H and O–H groups in total. The second-order valence-corrected chi connectivity index (χ2v) is 12.7. The normalized spacial score (nSPS) is 11.0. The number of carboxylic acids is 2. The van der Waals surface area contributed by atoms with E-state index in [-0.39, 0.29) is 37.7 Å². The van der Waals surface area contributed by atoms with Gasteiger partial charge in [0.05, 0.1) is 12.8 Å². The van der Waals surface area contributed by atoms with Crippen molar-refractivity contribution in [1.29, 1.82) is 0 Å². The fourth-order valence-corrected chi connectivity index (χ4v) is 5.80. The summed E-state index contributed by atoms with van der Waals surface area (Å²) in [4.78, 5) is 30.7. The molecule has 0 radical (unpaired) electrons. The first-order chi connectivity index (χ1) is 21.6. The molecule has 0 unspecified atom stereocenters. The molecule has 4 aromatic rings. The first-order valence-corrected chi connectivity index (χ1v) is 16.1. The highest BCUT2D eigenvalue weighted by molar-refractivity contribution is 5.89. The summed E-state index contributed by atoms with van der Waals surface area (Å²) >= 11 is 0. The molecular formula is C36H56Cl2N4O6. The highest BCUT2D eigenvalue weighted by atomic mass is 35.5. The number of nitrogens with zero attached hydrogens (tertiary/aromatic N) is 2. The molecule has 0 amide bonds. The van der Waals surface area contributed by atoms with Gasteiger partial charge in [0, 0.05) is 71.5 Å². The predicted octanol–water partition coefficient (Wildman–Crippen LogP) is 7.85. The van der Waals surface area contributed by atoms with Crippen LogP contribution in [-0.4, -0.2) is 89.4 Å². The lowest BCUT2D eigenvalue weighted by Gasteiger charge is -2.30. The number of aromatic nitrogens is 2. The van der Waals surface area contributed by atoms with E-state index in [2.05, 4.69) is 75.2 Å². The highest BCUT2D eigenvalue weighted by Gasteiger charge is 2.16. The first kappa shape index (κ1) is 44.6. The number of aliphatic carboxylic acids is 2. The molecule has 0 aliphatic rings. The molecule has 10 nitrogen and oxygen atoms in total. The molecule has 12 heteroatoms. The van der Waals surface area contributed by atoms with E-state index in [1.54, 1.807) is 12.1 Å². The molecule has 270 valence electrons. The van der Waals surface area contributed by atoms with E-state index in [4.69, 9.17) is 10.2 Å². The SMILES string of the molecule is CC(C)N(CCc1c[nH]c2cccc(O)c12)C(C)C.CC(C)N(CCc1c[nH]c2cccc(O)c12)C(C)C.Cl.Cl.O=C(O)CCC(=O)O. The number of halogens is 2. The number of aromatic amines is 2. The van der Waals surface area contributed by atoms with E-state index in [9.17, 15) is 19.8 Å². The van der Waals surface area contributed by atoms with Crippen LogP contribution in [0.25, 0.3) is 21.8 Å². The van der Waals surface area contributed by atoms with Gasteiger partial charge in [-0.25, -0.2) is 0 Å². The molecule has 0 fully saturated rings. The van der Waals surface area contributed by atoms with Gasteiger partial charge in [0.15, 0.2) is 0 Å². The van der Waals surface area contributed by atoms with Crippen molar-refractivity contribution in [3.63, 3.8) is 0 Å². The number of carbonyl (C=O) groups is 2. The van der Waals surface area contributed by atoms with E-state index in [1.807, 2.05) is 36.7 Å². The Morgan fingerprint density at radius 1 is 0.604 bits per heavy atom. The first-order valence-electron chi connectivity index (χ1n) is 16.1. The number of nitrogens with one attached hydrogen (secondary N) is 2. The van der Waals surface area contributed by atoms with Gasteiger partial charge in [0.1, 0.15) is 11.5 Å². The van der Waals surface area contributed by atoms with Gasteiger partial charge in [-0.15, -0.1) is 24.8 Å². The number of H-pyrrole nitrogens is 2. The summed E-state index contributed by atoms with van der Waals surface area (Å²) in [6.45, 7) is 19.9. The summed E-state index contributed by atoms with van der Waals surface area (Å²) in [6, 6.07) is 13.4. The Labute approximate surface area is 297 Å². The molecule has 0 aliphatic heterocycles. The van der Waals surface area contributed by atoms with Crippen molar-refractivity contribution in [2.45, 2.75) is 105 Å². The molecule has 0 spiro atoms. The molecule has 4 rings (SSSR count). The summed E-state index contributed by atoms with van der Waals surface area (Å²) in [5.41, 5.74) is 4.41. The zero-order valence-electron chi connectivity index (χ0n) is 29.5. The van der Waals surface area contributed by atoms with Crippen LogP contribution in [0.2, 0.25) is 0 Å². The van der Waals surface area contributed by atoms with Crippen LogP contribution in [0, 0.1) is 0 Å². The third kappa shape index (κ3) is 13.6. The number of phenols is 2. The molecule has 2 aromatic heterocycles. The van der Waals surface area contributed by atoms with Crippen LogP contribution < -0.4 is 0 Å². The Hall–Kier alpha value is -3.44. The fourth-order valence-electron chi connectivity index (χ4n) is 5.80. The van der Waals surface area contributed by atoms with Crippen LogP contribution in [0.4, 0.5) is 0 Å². The zero-order chi connectivity index (χ0) is 34.6. The molecule has 0 atom stereocenters. The number of hydrogen-bond acceptors (Lipinski definition) is 6. The Morgan fingerprint density at radius 3 is 1.19 bits per heavy atom. The van der Waals surface area contributed by atoms with Gasteiger partial charge in [-0.2, -0.15) is 0 Å². The Morgan fingerprint density at radius 2 is 0.917 bits per heavy atom. The van der Waals surface area contributed by atoms with Crippen LogP contribution in [0.3, 0.4) is 0 Å². The number of phenolic OH excluding ortho intramolecular Hbond substituents is 2. The number of rotatable bonds is 13. The molecule has 48 heavy (non-hydrogen) atoms. The fraction of sp³-hybridized carbons (Fsp3) is 0.500. The van der Waals surface area contributed by atoms with Crippen molar-refractivity contribution < 1.29 is 30.0 Å². The number of benzene rings is 2. The van der Waals surface area contributed by atoms with Crippen LogP contribution in [0.1, 0.15) is 79.4 Å². The highest BCUT2D eigenvalue weighted by Crippen LogP contribution is 2.29. The standard InChI is InChI=1S/2C16H24N2O.C4H6O4.2ClH/c2*1-11(2)18(12(3)4)9-8-13-10-17-14-6-5-7-15(19)16(13)14;5-3(6)1-2-4(7)8;;/h2*5-7,10-12,17,19H,8-9H2,1-4H3;1-2H2,(H,5,6)(H,7,8);2*1H. The van der Waals surface area contributed by atoms with Gasteiger partial charge in [0.2, 0.25) is 0 Å². The number of hydrogen-bond donors (Lipinski definition) is 6. The molecule has 2 heterocycles. The van der Waals surface area contributed by atoms with Gasteiger partial charge >= 0.3 is 11.9 Å². The maximum atomic E-state index is 9.99. The lowest BCUT2D eigenvalue weighted by Crippen LogP contribution is -2.38. The van der Waals surface area contributed by atoms with E-state index >= 15 is 0 Å². The minimum absolute atomic E-state index is 0. The van der Waals surface area contributed by atoms with Crippen LogP contribution >= 0.6 is 24.8 Å². The van der Waals surface area contributed by atoms with Crippen LogP contribution in [0.5, 0.6) is 11.5 Å². The topological polar surface area (TPSA) is 153 Å². The predicted molar refractivity (Wildman–Crippen MR) is 200 cm³/mol. The number of carboxylic acid groups (broad SMARTS) is 2. The Kier molecular flexibility index (Phi) is 20.0. The van der Waals surface area contributed by atoms with E-state index in [0.29, 0.717) is 35.7 Å². The van der Waals surface area contributed by atoms with E-state index in [0.717, 1.165) is 47.7 Å². The van der Waals surface area contributed by atoms with Crippen molar-refractivity contribution in [2.75, 3.05) is 13.1 Å². The van der Waals surface area contributed by atoms with Crippen molar-refractivity contribution in [2.24, 2.45) is 0 Å². The smallest absolute Gasteiger partial charge is 0.303 e. The Balaban J connectivity index is 0.000000731.